The van der Waals surface area contributed by atoms with E-state index in [-0.39, 0.29) is 0 Å². The molecule has 0 fully saturated rings. The summed E-state index contributed by atoms with van der Waals surface area (Å²) in [4.78, 5) is 13.1. The molecule has 0 aromatic carbocycles. The second kappa shape index (κ2) is 5.98. The van der Waals surface area contributed by atoms with Crippen LogP contribution in [0.3, 0.4) is 0 Å². The van der Waals surface area contributed by atoms with E-state index in [2.05, 4.69) is 17.1 Å². The van der Waals surface area contributed by atoms with Crippen LogP contribution in [0.1, 0.15) is 27.2 Å². The van der Waals surface area contributed by atoms with E-state index < -0.39 is 11.5 Å². The number of carboxylic acid groups (broad SMARTS) is 1. The van der Waals surface area contributed by atoms with Gasteiger partial charge in [-0.05, 0) is 33.5 Å². The number of aliphatic carboxylic acids is 1. The quantitative estimate of drug-likeness (QED) is 0.640. The molecule has 0 amide bonds. The number of carboxylic acids is 1. The molecule has 0 aliphatic heterocycles. The summed E-state index contributed by atoms with van der Waals surface area (Å²) in [5.41, 5.74) is -0.793. The third-order valence-electron chi connectivity index (χ3n) is 2.57. The monoisotopic (exact) mass is 202 g/mol. The maximum absolute atomic E-state index is 11.0. The standard InChI is InChI=1S/C10H22N2O2/c1-5-11-10(3,9(13)14)7-8-12(4)6-2/h11H,5-8H2,1-4H3,(H,13,14). The molecule has 0 radical (unpaired) electrons. The lowest BCUT2D eigenvalue weighted by molar-refractivity contribution is -0.144. The van der Waals surface area contributed by atoms with E-state index in [1.165, 1.54) is 0 Å². The Morgan fingerprint density at radius 3 is 2.43 bits per heavy atom. The Bertz CT molecular complexity index is 185. The number of nitrogens with one attached hydrogen (secondary N) is 1. The molecule has 0 bridgehead atoms. The number of hydrogen-bond donors (Lipinski definition) is 2. The number of rotatable bonds is 7. The topological polar surface area (TPSA) is 52.6 Å². The summed E-state index contributed by atoms with van der Waals surface area (Å²) in [6, 6.07) is 0. The molecular weight excluding hydrogens is 180 g/mol. The van der Waals surface area contributed by atoms with Gasteiger partial charge in [-0.25, -0.2) is 0 Å². The van der Waals surface area contributed by atoms with E-state index in [4.69, 9.17) is 5.11 Å². The van der Waals surface area contributed by atoms with Crippen LogP contribution in [0.5, 0.6) is 0 Å². The minimum atomic E-state index is -0.793. The predicted octanol–water partition coefficient (Wildman–Crippen LogP) is 0.781. The molecule has 0 aromatic rings. The van der Waals surface area contributed by atoms with E-state index in [1.807, 2.05) is 14.0 Å². The highest BCUT2D eigenvalue weighted by Gasteiger charge is 2.31. The summed E-state index contributed by atoms with van der Waals surface area (Å²) in [6.45, 7) is 8.14. The van der Waals surface area contributed by atoms with Gasteiger partial charge in [0.05, 0.1) is 0 Å². The maximum atomic E-state index is 11.0. The molecule has 0 rings (SSSR count). The van der Waals surface area contributed by atoms with Gasteiger partial charge in [0.25, 0.3) is 0 Å². The lowest BCUT2D eigenvalue weighted by Crippen LogP contribution is -2.51. The average Bonchev–Trinajstić information content (AvgIpc) is 2.14. The van der Waals surface area contributed by atoms with Crippen LogP contribution in [0.15, 0.2) is 0 Å². The number of hydrogen-bond acceptors (Lipinski definition) is 3. The molecule has 1 unspecified atom stereocenters. The summed E-state index contributed by atoms with van der Waals surface area (Å²) in [6.07, 6.45) is 0.626. The van der Waals surface area contributed by atoms with Gasteiger partial charge in [-0.1, -0.05) is 13.8 Å². The van der Waals surface area contributed by atoms with E-state index in [0.29, 0.717) is 13.0 Å². The first kappa shape index (κ1) is 13.4. The summed E-state index contributed by atoms with van der Waals surface area (Å²) < 4.78 is 0. The molecule has 0 aliphatic rings. The minimum absolute atomic E-state index is 0.626. The Hall–Kier alpha value is -0.610. The van der Waals surface area contributed by atoms with Crippen LogP contribution in [0.4, 0.5) is 0 Å². The van der Waals surface area contributed by atoms with Crippen molar-refractivity contribution in [1.82, 2.24) is 10.2 Å². The molecule has 2 N–H and O–H groups in total. The van der Waals surface area contributed by atoms with Gasteiger partial charge in [0.15, 0.2) is 0 Å². The van der Waals surface area contributed by atoms with Gasteiger partial charge in [-0.15, -0.1) is 0 Å². The van der Waals surface area contributed by atoms with Gasteiger partial charge >= 0.3 is 5.97 Å². The van der Waals surface area contributed by atoms with E-state index in [9.17, 15) is 4.79 Å². The Kier molecular flexibility index (Phi) is 5.72. The van der Waals surface area contributed by atoms with Crippen molar-refractivity contribution in [3.63, 3.8) is 0 Å². The van der Waals surface area contributed by atoms with Gasteiger partial charge in [0.2, 0.25) is 0 Å². The van der Waals surface area contributed by atoms with Crippen molar-refractivity contribution in [2.24, 2.45) is 0 Å². The zero-order valence-electron chi connectivity index (χ0n) is 9.63. The van der Waals surface area contributed by atoms with Crippen molar-refractivity contribution in [2.75, 3.05) is 26.7 Å². The maximum Gasteiger partial charge on any atom is 0.323 e. The Balaban J connectivity index is 4.16. The summed E-state index contributed by atoms with van der Waals surface area (Å²) in [5, 5.41) is 12.1. The first-order valence-electron chi connectivity index (χ1n) is 5.13. The number of nitrogens with zero attached hydrogens (tertiary/aromatic N) is 1. The predicted molar refractivity (Wildman–Crippen MR) is 57.5 cm³/mol. The average molecular weight is 202 g/mol. The Morgan fingerprint density at radius 2 is 2.07 bits per heavy atom. The molecular formula is C10H22N2O2. The lowest BCUT2D eigenvalue weighted by Gasteiger charge is -2.27. The Morgan fingerprint density at radius 1 is 1.50 bits per heavy atom. The largest absolute Gasteiger partial charge is 0.480 e. The summed E-state index contributed by atoms with van der Waals surface area (Å²) in [5.74, 6) is -0.774. The van der Waals surface area contributed by atoms with Crippen LogP contribution in [0.2, 0.25) is 0 Å². The molecule has 84 valence electrons. The van der Waals surface area contributed by atoms with Crippen LogP contribution in [-0.2, 0) is 4.79 Å². The van der Waals surface area contributed by atoms with Gasteiger partial charge in [0, 0.05) is 6.54 Å². The van der Waals surface area contributed by atoms with Gasteiger partial charge in [-0.2, -0.15) is 0 Å². The van der Waals surface area contributed by atoms with Gasteiger partial charge < -0.3 is 15.3 Å². The molecule has 0 aromatic heterocycles. The fourth-order valence-electron chi connectivity index (χ4n) is 1.23. The SMILES string of the molecule is CCNC(C)(CCN(C)CC)C(=O)O. The van der Waals surface area contributed by atoms with Crippen LogP contribution < -0.4 is 5.32 Å². The molecule has 4 nitrogen and oxygen atoms in total. The van der Waals surface area contributed by atoms with Gasteiger partial charge in [-0.3, -0.25) is 4.79 Å². The van der Waals surface area contributed by atoms with E-state index in [0.717, 1.165) is 13.1 Å². The highest BCUT2D eigenvalue weighted by Crippen LogP contribution is 2.10. The van der Waals surface area contributed by atoms with Crippen molar-refractivity contribution in [2.45, 2.75) is 32.7 Å². The number of carbonyl (C=O) groups is 1. The smallest absolute Gasteiger partial charge is 0.323 e. The first-order chi connectivity index (χ1) is 6.46. The van der Waals surface area contributed by atoms with Crippen LogP contribution in [0.25, 0.3) is 0 Å². The van der Waals surface area contributed by atoms with Crippen LogP contribution in [-0.4, -0.2) is 48.2 Å². The second-order valence-electron chi connectivity index (χ2n) is 3.81. The molecule has 0 saturated carbocycles. The highest BCUT2D eigenvalue weighted by atomic mass is 16.4. The molecule has 0 aliphatic carbocycles. The van der Waals surface area contributed by atoms with Crippen LogP contribution >= 0.6 is 0 Å². The molecule has 4 heteroatoms. The lowest BCUT2D eigenvalue weighted by atomic mass is 9.98. The third kappa shape index (κ3) is 4.07. The molecule has 0 spiro atoms. The Labute approximate surface area is 86.3 Å². The molecule has 1 atom stereocenters. The second-order valence-corrected chi connectivity index (χ2v) is 3.81. The zero-order chi connectivity index (χ0) is 11.2. The van der Waals surface area contributed by atoms with E-state index >= 15 is 0 Å². The van der Waals surface area contributed by atoms with Crippen molar-refractivity contribution >= 4 is 5.97 Å². The highest BCUT2D eigenvalue weighted by molar-refractivity contribution is 5.78. The van der Waals surface area contributed by atoms with Crippen LogP contribution in [0, 0.1) is 0 Å². The van der Waals surface area contributed by atoms with Gasteiger partial charge in [0.1, 0.15) is 5.54 Å². The number of likely N-dealkylation sites (N-methyl/N-ethyl adjacent to an activating group) is 1. The minimum Gasteiger partial charge on any atom is -0.480 e. The summed E-state index contributed by atoms with van der Waals surface area (Å²) >= 11 is 0. The van der Waals surface area contributed by atoms with Crippen molar-refractivity contribution < 1.29 is 9.90 Å². The van der Waals surface area contributed by atoms with Crippen molar-refractivity contribution in [3.8, 4) is 0 Å². The van der Waals surface area contributed by atoms with E-state index in [1.54, 1.807) is 6.92 Å². The molecule has 0 heterocycles. The fraction of sp³-hybridized carbons (Fsp3) is 0.900. The van der Waals surface area contributed by atoms with Crippen molar-refractivity contribution in [3.05, 3.63) is 0 Å². The molecule has 0 saturated heterocycles. The third-order valence-corrected chi connectivity index (χ3v) is 2.57. The normalized spacial score (nSPS) is 15.5. The summed E-state index contributed by atoms with van der Waals surface area (Å²) in [7, 11) is 1.99. The fourth-order valence-corrected chi connectivity index (χ4v) is 1.23. The van der Waals surface area contributed by atoms with Crippen molar-refractivity contribution in [1.29, 1.82) is 0 Å². The zero-order valence-corrected chi connectivity index (χ0v) is 9.63. The molecule has 14 heavy (non-hydrogen) atoms. The first-order valence-corrected chi connectivity index (χ1v) is 5.13.